The van der Waals surface area contributed by atoms with Gasteiger partial charge in [-0.25, -0.2) is 0 Å². The topological polar surface area (TPSA) is 51.4 Å². The molecule has 1 aromatic heterocycles. The molecule has 2 heterocycles. The third kappa shape index (κ3) is 3.14. The van der Waals surface area contributed by atoms with Crippen LogP contribution in [0.1, 0.15) is 37.1 Å². The second-order valence-electron chi connectivity index (χ2n) is 5.95. The van der Waals surface area contributed by atoms with Crippen molar-refractivity contribution in [3.05, 3.63) is 29.6 Å². The van der Waals surface area contributed by atoms with Crippen molar-refractivity contribution in [2.24, 2.45) is 0 Å². The van der Waals surface area contributed by atoms with Gasteiger partial charge in [0, 0.05) is 11.5 Å². The molecular formula is C17H23N3O2. The number of ether oxygens (including phenoxy) is 1. The highest BCUT2D eigenvalue weighted by atomic mass is 16.5. The van der Waals surface area contributed by atoms with Crippen molar-refractivity contribution < 1.29 is 9.26 Å². The molecule has 0 atom stereocenters. The zero-order valence-electron chi connectivity index (χ0n) is 13.5. The number of aromatic nitrogens is 2. The molecule has 5 heteroatoms. The first-order valence-electron chi connectivity index (χ1n) is 7.93. The molecule has 0 radical (unpaired) electrons. The standard InChI is InChI=1S/C17H23N3O2/c1-4-21-15-11-14(6-5-12(15)2)17-18-16(19-22-17)13-7-9-20(3)10-8-13/h5-6,11,13H,4,7-10H2,1-3H3. The number of aryl methyl sites for hydroxylation is 1. The minimum absolute atomic E-state index is 0.408. The maximum atomic E-state index is 5.64. The lowest BCUT2D eigenvalue weighted by Gasteiger charge is -2.26. The second kappa shape index (κ2) is 6.48. The first kappa shape index (κ1) is 15.0. The van der Waals surface area contributed by atoms with Crippen LogP contribution in [0.5, 0.6) is 5.75 Å². The highest BCUT2D eigenvalue weighted by Crippen LogP contribution is 2.29. The Kier molecular flexibility index (Phi) is 4.43. The summed E-state index contributed by atoms with van der Waals surface area (Å²) in [5, 5.41) is 4.19. The predicted octanol–water partition coefficient (Wildman–Crippen LogP) is 3.25. The van der Waals surface area contributed by atoms with Crippen LogP contribution >= 0.6 is 0 Å². The van der Waals surface area contributed by atoms with Crippen LogP contribution in [0.2, 0.25) is 0 Å². The van der Waals surface area contributed by atoms with Crippen LogP contribution in [-0.4, -0.2) is 41.8 Å². The molecule has 5 nitrogen and oxygen atoms in total. The van der Waals surface area contributed by atoms with Crippen LogP contribution < -0.4 is 4.74 Å². The van der Waals surface area contributed by atoms with Crippen molar-refractivity contribution >= 4 is 0 Å². The average Bonchev–Trinajstić information content (AvgIpc) is 3.00. The molecule has 1 aliphatic rings. The van der Waals surface area contributed by atoms with E-state index in [1.807, 2.05) is 32.0 Å². The fraction of sp³-hybridized carbons (Fsp3) is 0.529. The number of rotatable bonds is 4. The van der Waals surface area contributed by atoms with E-state index < -0.39 is 0 Å². The van der Waals surface area contributed by atoms with Gasteiger partial charge in [0.05, 0.1) is 6.61 Å². The fourth-order valence-electron chi connectivity index (χ4n) is 2.83. The van der Waals surface area contributed by atoms with Gasteiger partial charge in [-0.2, -0.15) is 4.98 Å². The van der Waals surface area contributed by atoms with Gasteiger partial charge in [-0.15, -0.1) is 0 Å². The highest BCUT2D eigenvalue weighted by Gasteiger charge is 2.23. The van der Waals surface area contributed by atoms with Crippen LogP contribution in [0.25, 0.3) is 11.5 Å². The molecular weight excluding hydrogens is 278 g/mol. The molecule has 22 heavy (non-hydrogen) atoms. The van der Waals surface area contributed by atoms with Crippen LogP contribution in [0, 0.1) is 6.92 Å². The molecule has 0 spiro atoms. The lowest BCUT2D eigenvalue weighted by Crippen LogP contribution is -2.29. The van der Waals surface area contributed by atoms with Gasteiger partial charge in [-0.1, -0.05) is 11.2 Å². The Morgan fingerprint density at radius 2 is 2.09 bits per heavy atom. The summed E-state index contributed by atoms with van der Waals surface area (Å²) in [5.74, 6) is 2.70. The summed E-state index contributed by atoms with van der Waals surface area (Å²) in [4.78, 5) is 6.95. The molecule has 0 unspecified atom stereocenters. The first-order chi connectivity index (χ1) is 10.7. The molecule has 1 aromatic carbocycles. The van der Waals surface area contributed by atoms with Gasteiger partial charge in [0.25, 0.3) is 5.89 Å². The van der Waals surface area contributed by atoms with E-state index in [1.54, 1.807) is 0 Å². The molecule has 1 saturated heterocycles. The zero-order chi connectivity index (χ0) is 15.5. The van der Waals surface area contributed by atoms with E-state index in [4.69, 9.17) is 9.26 Å². The lowest BCUT2D eigenvalue weighted by atomic mass is 9.96. The molecule has 0 amide bonds. The van der Waals surface area contributed by atoms with Gasteiger partial charge in [0.15, 0.2) is 5.82 Å². The Morgan fingerprint density at radius 3 is 2.82 bits per heavy atom. The van der Waals surface area contributed by atoms with Crippen molar-refractivity contribution in [1.29, 1.82) is 0 Å². The van der Waals surface area contributed by atoms with Gasteiger partial charge in [-0.05, 0) is 64.5 Å². The number of likely N-dealkylation sites (tertiary alicyclic amines) is 1. The maximum absolute atomic E-state index is 5.64. The summed E-state index contributed by atoms with van der Waals surface area (Å²) in [5.41, 5.74) is 2.03. The van der Waals surface area contributed by atoms with Gasteiger partial charge < -0.3 is 14.2 Å². The monoisotopic (exact) mass is 301 g/mol. The van der Waals surface area contributed by atoms with Gasteiger partial charge in [0.1, 0.15) is 5.75 Å². The summed E-state index contributed by atoms with van der Waals surface area (Å²) in [6.07, 6.45) is 2.18. The van der Waals surface area contributed by atoms with E-state index in [0.717, 1.165) is 48.6 Å². The number of hydrogen-bond acceptors (Lipinski definition) is 5. The summed E-state index contributed by atoms with van der Waals surface area (Å²) in [6.45, 7) is 6.85. The van der Waals surface area contributed by atoms with Gasteiger partial charge >= 0.3 is 0 Å². The number of piperidine rings is 1. The smallest absolute Gasteiger partial charge is 0.258 e. The summed E-state index contributed by atoms with van der Waals surface area (Å²) >= 11 is 0. The zero-order valence-corrected chi connectivity index (χ0v) is 13.5. The molecule has 1 aliphatic heterocycles. The maximum Gasteiger partial charge on any atom is 0.258 e. The molecule has 3 rings (SSSR count). The third-order valence-electron chi connectivity index (χ3n) is 4.26. The first-order valence-corrected chi connectivity index (χ1v) is 7.93. The summed E-state index contributed by atoms with van der Waals surface area (Å²) < 4.78 is 11.1. The molecule has 2 aromatic rings. The molecule has 0 aliphatic carbocycles. The van der Waals surface area contributed by atoms with Crippen LogP contribution in [0.3, 0.4) is 0 Å². The van der Waals surface area contributed by atoms with Crippen LogP contribution in [0.4, 0.5) is 0 Å². The van der Waals surface area contributed by atoms with Crippen LogP contribution in [0.15, 0.2) is 22.7 Å². The van der Waals surface area contributed by atoms with E-state index in [-0.39, 0.29) is 0 Å². The van der Waals surface area contributed by atoms with E-state index in [2.05, 4.69) is 22.1 Å². The number of hydrogen-bond donors (Lipinski definition) is 0. The van der Waals surface area contributed by atoms with Crippen molar-refractivity contribution in [3.63, 3.8) is 0 Å². The van der Waals surface area contributed by atoms with E-state index in [0.29, 0.717) is 18.4 Å². The minimum atomic E-state index is 0.408. The van der Waals surface area contributed by atoms with E-state index in [1.165, 1.54) is 0 Å². The SMILES string of the molecule is CCOc1cc(-c2nc(C3CCN(C)CC3)no2)ccc1C. The van der Waals surface area contributed by atoms with Crippen molar-refractivity contribution in [2.45, 2.75) is 32.6 Å². The van der Waals surface area contributed by atoms with E-state index >= 15 is 0 Å². The lowest BCUT2D eigenvalue weighted by molar-refractivity contribution is 0.248. The Bertz CT molecular complexity index is 631. The normalized spacial score (nSPS) is 16.9. The van der Waals surface area contributed by atoms with Crippen LogP contribution in [-0.2, 0) is 0 Å². The molecule has 1 fully saturated rings. The second-order valence-corrected chi connectivity index (χ2v) is 5.95. The molecule has 0 bridgehead atoms. The fourth-order valence-corrected chi connectivity index (χ4v) is 2.83. The number of benzene rings is 1. The van der Waals surface area contributed by atoms with Gasteiger partial charge in [-0.3, -0.25) is 0 Å². The Balaban J connectivity index is 1.80. The molecule has 118 valence electrons. The number of nitrogens with zero attached hydrogens (tertiary/aromatic N) is 3. The highest BCUT2D eigenvalue weighted by molar-refractivity contribution is 5.57. The Labute approximate surface area is 131 Å². The quantitative estimate of drug-likeness (QED) is 0.867. The predicted molar refractivity (Wildman–Crippen MR) is 85.1 cm³/mol. The molecule has 0 N–H and O–H groups in total. The van der Waals surface area contributed by atoms with E-state index in [9.17, 15) is 0 Å². The summed E-state index contributed by atoms with van der Waals surface area (Å²) in [7, 11) is 2.15. The Hall–Kier alpha value is -1.88. The Morgan fingerprint density at radius 1 is 1.32 bits per heavy atom. The molecule has 0 saturated carbocycles. The largest absolute Gasteiger partial charge is 0.494 e. The van der Waals surface area contributed by atoms with Crippen molar-refractivity contribution in [1.82, 2.24) is 15.0 Å². The van der Waals surface area contributed by atoms with Crippen molar-refractivity contribution in [3.8, 4) is 17.2 Å². The van der Waals surface area contributed by atoms with Crippen molar-refractivity contribution in [2.75, 3.05) is 26.7 Å². The third-order valence-corrected chi connectivity index (χ3v) is 4.26. The summed E-state index contributed by atoms with van der Waals surface area (Å²) in [6, 6.07) is 6.01. The van der Waals surface area contributed by atoms with Gasteiger partial charge in [0.2, 0.25) is 0 Å². The average molecular weight is 301 g/mol. The minimum Gasteiger partial charge on any atom is -0.494 e.